The monoisotopic (exact) mass is 353 g/mol. The average molecular weight is 353 g/mol. The van der Waals surface area contributed by atoms with Gasteiger partial charge in [-0.05, 0) is 31.0 Å². The summed E-state index contributed by atoms with van der Waals surface area (Å²) in [6.07, 6.45) is 2.48. The molecule has 3 N–H and O–H groups in total. The van der Waals surface area contributed by atoms with Crippen LogP contribution >= 0.6 is 12.2 Å². The van der Waals surface area contributed by atoms with E-state index in [2.05, 4.69) is 16.9 Å². The molecule has 0 saturated carbocycles. The van der Waals surface area contributed by atoms with Crippen LogP contribution < -0.4 is 11.3 Å². The Balaban J connectivity index is 2.38. The number of aliphatic hydroxyl groups excluding tert-OH is 1. The van der Waals surface area contributed by atoms with E-state index in [1.165, 1.54) is 0 Å². The van der Waals surface area contributed by atoms with Crippen LogP contribution in [0.1, 0.15) is 29.3 Å². The first-order chi connectivity index (χ1) is 12.0. The molecule has 0 unspecified atom stereocenters. The van der Waals surface area contributed by atoms with Crippen LogP contribution in [0, 0.1) is 6.92 Å². The number of fused-ring (bicyclic) bond motifs is 1. The molecule has 2 aromatic heterocycles. The van der Waals surface area contributed by atoms with Gasteiger partial charge in [0.05, 0.1) is 23.6 Å². The number of para-hydroxylation sites is 1. The van der Waals surface area contributed by atoms with Crippen LogP contribution in [0.4, 0.5) is 5.69 Å². The minimum atomic E-state index is -0.148. The molecule has 6 heteroatoms. The van der Waals surface area contributed by atoms with Gasteiger partial charge in [-0.25, -0.2) is 4.99 Å². The van der Waals surface area contributed by atoms with E-state index in [4.69, 9.17) is 22.4 Å². The van der Waals surface area contributed by atoms with Gasteiger partial charge in [0.15, 0.2) is 5.58 Å². The molecule has 3 aromatic rings. The number of nitrogens with two attached hydrogens (primary N) is 1. The normalized spacial score (nSPS) is 11.9. The Labute approximate surface area is 150 Å². The van der Waals surface area contributed by atoms with E-state index in [1.54, 1.807) is 6.20 Å². The predicted octanol–water partition coefficient (Wildman–Crippen LogP) is 3.06. The van der Waals surface area contributed by atoms with Gasteiger partial charge >= 0.3 is 0 Å². The van der Waals surface area contributed by atoms with Crippen molar-refractivity contribution in [3.63, 3.8) is 0 Å². The maximum absolute atomic E-state index is 9.56. The van der Waals surface area contributed by atoms with Crippen molar-refractivity contribution in [2.24, 2.45) is 10.7 Å². The lowest BCUT2D eigenvalue weighted by atomic mass is 10.1. The van der Waals surface area contributed by atoms with Gasteiger partial charge in [-0.2, -0.15) is 0 Å². The topological polar surface area (TPSA) is 84.6 Å². The summed E-state index contributed by atoms with van der Waals surface area (Å²) in [5.74, 6) is 0. The van der Waals surface area contributed by atoms with Crippen molar-refractivity contribution in [2.75, 3.05) is 0 Å². The Bertz CT molecular complexity index is 1020. The van der Waals surface area contributed by atoms with Crippen molar-refractivity contribution in [3.8, 4) is 0 Å². The van der Waals surface area contributed by atoms with Crippen LogP contribution in [-0.4, -0.2) is 15.1 Å². The minimum Gasteiger partial charge on any atom is -0.436 e. The van der Waals surface area contributed by atoms with Crippen LogP contribution in [-0.2, 0) is 13.0 Å². The van der Waals surface area contributed by atoms with E-state index in [1.807, 2.05) is 37.3 Å². The molecule has 0 amide bonds. The largest absolute Gasteiger partial charge is 0.436 e. The lowest BCUT2D eigenvalue weighted by Gasteiger charge is -2.09. The van der Waals surface area contributed by atoms with Crippen molar-refractivity contribution >= 4 is 33.9 Å². The van der Waals surface area contributed by atoms with Crippen LogP contribution in [0.25, 0.3) is 11.0 Å². The van der Waals surface area contributed by atoms with Gasteiger partial charge < -0.3 is 15.3 Å². The van der Waals surface area contributed by atoms with Crippen molar-refractivity contribution in [2.45, 2.75) is 26.9 Å². The molecule has 3 rings (SSSR count). The number of thiocarbonyl (C=S) groups is 1. The molecule has 0 aliphatic rings. The second kappa shape index (κ2) is 7.13. The SMILES string of the molecule is CCc1ccccc1N=c1oc2c(C)ncc(CO)c2cc1C(N)=S. The van der Waals surface area contributed by atoms with Crippen LogP contribution in [0.2, 0.25) is 0 Å². The summed E-state index contributed by atoms with van der Waals surface area (Å²) in [5.41, 5.74) is 10.6. The molecule has 1 aromatic carbocycles. The Hall–Kier alpha value is -2.57. The summed E-state index contributed by atoms with van der Waals surface area (Å²) in [6, 6.07) is 9.67. The van der Waals surface area contributed by atoms with Crippen molar-refractivity contribution in [3.05, 3.63) is 64.5 Å². The molecule has 25 heavy (non-hydrogen) atoms. The number of hydrogen-bond acceptors (Lipinski definition) is 5. The lowest BCUT2D eigenvalue weighted by molar-refractivity contribution is 0.282. The van der Waals surface area contributed by atoms with E-state index in [0.717, 1.165) is 23.1 Å². The third kappa shape index (κ3) is 3.31. The summed E-state index contributed by atoms with van der Waals surface area (Å²) in [7, 11) is 0. The highest BCUT2D eigenvalue weighted by Crippen LogP contribution is 2.22. The lowest BCUT2D eigenvalue weighted by Crippen LogP contribution is -2.21. The summed E-state index contributed by atoms with van der Waals surface area (Å²) in [4.78, 5) is 9.12. The molecule has 0 fully saturated rings. The fourth-order valence-corrected chi connectivity index (χ4v) is 2.85. The highest BCUT2D eigenvalue weighted by molar-refractivity contribution is 7.80. The quantitative estimate of drug-likeness (QED) is 0.704. The van der Waals surface area contributed by atoms with E-state index in [9.17, 15) is 5.11 Å². The number of aliphatic hydroxyl groups is 1. The highest BCUT2D eigenvalue weighted by atomic mass is 32.1. The van der Waals surface area contributed by atoms with E-state index < -0.39 is 0 Å². The average Bonchev–Trinajstić information content (AvgIpc) is 2.62. The molecule has 0 aliphatic carbocycles. The molecule has 2 heterocycles. The van der Waals surface area contributed by atoms with Crippen LogP contribution in [0.15, 0.2) is 45.9 Å². The molecular formula is C19H19N3O2S. The fraction of sp³-hybridized carbons (Fsp3) is 0.211. The number of hydrogen-bond donors (Lipinski definition) is 2. The van der Waals surface area contributed by atoms with Gasteiger partial charge in [0, 0.05) is 17.1 Å². The molecule has 128 valence electrons. The van der Waals surface area contributed by atoms with Crippen LogP contribution in [0.5, 0.6) is 0 Å². The van der Waals surface area contributed by atoms with Crippen molar-refractivity contribution < 1.29 is 9.52 Å². The fourth-order valence-electron chi connectivity index (χ4n) is 2.70. The number of aromatic nitrogens is 1. The van der Waals surface area contributed by atoms with E-state index in [0.29, 0.717) is 28.0 Å². The van der Waals surface area contributed by atoms with Crippen molar-refractivity contribution in [1.82, 2.24) is 4.98 Å². The van der Waals surface area contributed by atoms with Gasteiger partial charge in [0.2, 0.25) is 5.55 Å². The number of pyridine rings is 1. The second-order valence-corrected chi connectivity index (χ2v) is 6.13. The van der Waals surface area contributed by atoms with E-state index in [-0.39, 0.29) is 11.6 Å². The Kier molecular flexibility index (Phi) is 4.92. The second-order valence-electron chi connectivity index (χ2n) is 5.69. The molecule has 0 spiro atoms. The molecule has 0 atom stereocenters. The van der Waals surface area contributed by atoms with Gasteiger partial charge in [0.1, 0.15) is 4.99 Å². The maximum Gasteiger partial charge on any atom is 0.230 e. The number of nitrogens with zero attached hydrogens (tertiary/aromatic N) is 2. The predicted molar refractivity (Wildman–Crippen MR) is 102 cm³/mol. The first-order valence-electron chi connectivity index (χ1n) is 8.00. The van der Waals surface area contributed by atoms with Gasteiger partial charge in [-0.15, -0.1) is 0 Å². The van der Waals surface area contributed by atoms with Gasteiger partial charge in [0.25, 0.3) is 0 Å². The van der Waals surface area contributed by atoms with Gasteiger partial charge in [-0.1, -0.05) is 37.3 Å². The molecule has 0 radical (unpaired) electrons. The number of aryl methyl sites for hydroxylation is 2. The maximum atomic E-state index is 9.56. The first kappa shape index (κ1) is 17.3. The summed E-state index contributed by atoms with van der Waals surface area (Å²) in [5, 5.41) is 10.3. The molecular weight excluding hydrogens is 334 g/mol. The highest BCUT2D eigenvalue weighted by Gasteiger charge is 2.12. The zero-order valence-corrected chi connectivity index (χ0v) is 14.9. The van der Waals surface area contributed by atoms with Crippen molar-refractivity contribution in [1.29, 1.82) is 0 Å². The van der Waals surface area contributed by atoms with E-state index >= 15 is 0 Å². The molecule has 0 saturated heterocycles. The number of rotatable bonds is 4. The Morgan fingerprint density at radius 2 is 2.08 bits per heavy atom. The zero-order chi connectivity index (χ0) is 18.0. The summed E-state index contributed by atoms with van der Waals surface area (Å²) >= 11 is 5.18. The van der Waals surface area contributed by atoms with Crippen LogP contribution in [0.3, 0.4) is 0 Å². The molecule has 0 aliphatic heterocycles. The zero-order valence-electron chi connectivity index (χ0n) is 14.1. The third-order valence-corrected chi connectivity index (χ3v) is 4.30. The Morgan fingerprint density at radius 3 is 2.76 bits per heavy atom. The third-order valence-electron chi connectivity index (χ3n) is 4.08. The molecule has 0 bridgehead atoms. The standard InChI is InChI=1S/C19H19N3O2S/c1-3-12-6-4-5-7-16(12)22-19-15(18(20)25)8-14-13(10-23)9-21-11(2)17(14)24-19/h4-9,23H,3,10H2,1-2H3,(H2,20,25). The smallest absolute Gasteiger partial charge is 0.230 e. The minimum absolute atomic E-state index is 0.148. The first-order valence-corrected chi connectivity index (χ1v) is 8.41. The number of benzene rings is 1. The molecule has 5 nitrogen and oxygen atoms in total. The van der Waals surface area contributed by atoms with Gasteiger partial charge in [-0.3, -0.25) is 4.98 Å². The Morgan fingerprint density at radius 1 is 1.32 bits per heavy atom. The summed E-state index contributed by atoms with van der Waals surface area (Å²) < 4.78 is 6.02. The summed E-state index contributed by atoms with van der Waals surface area (Å²) in [6.45, 7) is 3.77.